The van der Waals surface area contributed by atoms with E-state index in [0.29, 0.717) is 11.8 Å². The second kappa shape index (κ2) is 6.33. The largest absolute Gasteiger partial charge is 0.508 e. The van der Waals surface area contributed by atoms with Crippen molar-refractivity contribution in [1.82, 2.24) is 9.47 Å². The molecule has 26 heavy (non-hydrogen) atoms. The standard InChI is InChI=1S/C23H24N2O/c26-22-13-17(16-25-11-7-18-4-1-2-6-23(18)25)12-20(15-22)19-8-10-24-9-3-5-21(24)14-19/h1-2,4,6-8,11-13,15,21,26H,3,5,9-10,14,16H2. The average molecular weight is 344 g/mol. The van der Waals surface area contributed by atoms with Crippen molar-refractivity contribution < 1.29 is 5.11 Å². The Kier molecular flexibility index (Phi) is 3.83. The quantitative estimate of drug-likeness (QED) is 0.749. The van der Waals surface area contributed by atoms with Crippen molar-refractivity contribution in [2.75, 3.05) is 13.1 Å². The van der Waals surface area contributed by atoms with Gasteiger partial charge in [0.05, 0.1) is 0 Å². The number of phenols is 1. The van der Waals surface area contributed by atoms with Crippen molar-refractivity contribution in [2.24, 2.45) is 0 Å². The van der Waals surface area contributed by atoms with Crippen LogP contribution in [-0.4, -0.2) is 33.7 Å². The van der Waals surface area contributed by atoms with Crippen molar-refractivity contribution in [3.05, 3.63) is 71.9 Å². The second-order valence-corrected chi connectivity index (χ2v) is 7.62. The van der Waals surface area contributed by atoms with E-state index in [4.69, 9.17) is 0 Å². The van der Waals surface area contributed by atoms with Crippen LogP contribution in [-0.2, 0) is 6.54 Å². The minimum Gasteiger partial charge on any atom is -0.508 e. The molecule has 1 N–H and O–H groups in total. The van der Waals surface area contributed by atoms with Crippen LogP contribution in [0.4, 0.5) is 0 Å². The molecule has 0 aliphatic carbocycles. The highest BCUT2D eigenvalue weighted by Gasteiger charge is 2.28. The van der Waals surface area contributed by atoms with E-state index in [9.17, 15) is 5.11 Å². The maximum atomic E-state index is 10.3. The highest BCUT2D eigenvalue weighted by atomic mass is 16.3. The molecule has 2 aromatic carbocycles. The van der Waals surface area contributed by atoms with Gasteiger partial charge in [0, 0.05) is 30.8 Å². The molecule has 3 nitrogen and oxygen atoms in total. The monoisotopic (exact) mass is 344 g/mol. The molecule has 0 bridgehead atoms. The fraction of sp³-hybridized carbons (Fsp3) is 0.304. The van der Waals surface area contributed by atoms with Crippen LogP contribution in [0.5, 0.6) is 5.75 Å². The Morgan fingerprint density at radius 3 is 2.96 bits per heavy atom. The Labute approximate surface area is 154 Å². The predicted molar refractivity (Wildman–Crippen MR) is 106 cm³/mol. The smallest absolute Gasteiger partial charge is 0.116 e. The molecule has 1 aromatic heterocycles. The molecule has 5 rings (SSSR count). The number of para-hydroxylation sites is 1. The number of hydrogen-bond acceptors (Lipinski definition) is 2. The predicted octanol–water partition coefficient (Wildman–Crippen LogP) is 4.65. The Balaban J connectivity index is 1.45. The molecule has 1 saturated heterocycles. The molecular weight excluding hydrogens is 320 g/mol. The summed E-state index contributed by atoms with van der Waals surface area (Å²) in [7, 11) is 0. The zero-order valence-electron chi connectivity index (χ0n) is 14.9. The molecule has 132 valence electrons. The lowest BCUT2D eigenvalue weighted by atomic mass is 9.93. The zero-order valence-corrected chi connectivity index (χ0v) is 14.9. The second-order valence-electron chi connectivity index (χ2n) is 7.62. The molecule has 3 aromatic rings. The molecule has 2 aliphatic rings. The van der Waals surface area contributed by atoms with E-state index in [1.807, 2.05) is 12.1 Å². The minimum absolute atomic E-state index is 0.365. The summed E-state index contributed by atoms with van der Waals surface area (Å²) in [5.41, 5.74) is 4.96. The molecule has 0 saturated carbocycles. The van der Waals surface area contributed by atoms with Crippen LogP contribution in [0.3, 0.4) is 0 Å². The third kappa shape index (κ3) is 2.82. The molecule has 1 unspecified atom stereocenters. The van der Waals surface area contributed by atoms with Crippen molar-refractivity contribution in [1.29, 1.82) is 0 Å². The lowest BCUT2D eigenvalue weighted by molar-refractivity contribution is 0.275. The van der Waals surface area contributed by atoms with Crippen LogP contribution in [0.1, 0.15) is 30.4 Å². The maximum absolute atomic E-state index is 10.3. The molecular formula is C23H24N2O. The van der Waals surface area contributed by atoms with Gasteiger partial charge in [-0.05, 0) is 78.2 Å². The zero-order chi connectivity index (χ0) is 17.5. The summed E-state index contributed by atoms with van der Waals surface area (Å²) in [4.78, 5) is 2.58. The van der Waals surface area contributed by atoms with E-state index in [1.165, 1.54) is 41.4 Å². The molecule has 3 heterocycles. The summed E-state index contributed by atoms with van der Waals surface area (Å²) in [5.74, 6) is 0.365. The Morgan fingerprint density at radius 2 is 2.00 bits per heavy atom. The number of aromatic nitrogens is 1. The first-order chi connectivity index (χ1) is 12.8. The normalized spacial score (nSPS) is 20.3. The lowest BCUT2D eigenvalue weighted by Gasteiger charge is -2.29. The van der Waals surface area contributed by atoms with Gasteiger partial charge in [-0.15, -0.1) is 0 Å². The van der Waals surface area contributed by atoms with Crippen LogP contribution in [0.25, 0.3) is 16.5 Å². The Morgan fingerprint density at radius 1 is 1.08 bits per heavy atom. The van der Waals surface area contributed by atoms with Crippen LogP contribution < -0.4 is 0 Å². The third-order valence-electron chi connectivity index (χ3n) is 5.91. The molecule has 1 fully saturated rings. The van der Waals surface area contributed by atoms with Gasteiger partial charge in [-0.3, -0.25) is 4.90 Å². The topological polar surface area (TPSA) is 28.4 Å². The molecule has 0 radical (unpaired) electrons. The summed E-state index contributed by atoms with van der Waals surface area (Å²) >= 11 is 0. The fourth-order valence-corrected chi connectivity index (χ4v) is 4.59. The van der Waals surface area contributed by atoms with Gasteiger partial charge in [-0.1, -0.05) is 24.3 Å². The number of hydrogen-bond donors (Lipinski definition) is 1. The first kappa shape index (κ1) is 15.7. The van der Waals surface area contributed by atoms with E-state index in [1.54, 1.807) is 0 Å². The van der Waals surface area contributed by atoms with Crippen LogP contribution >= 0.6 is 0 Å². The van der Waals surface area contributed by atoms with Crippen molar-refractivity contribution in [2.45, 2.75) is 31.8 Å². The Bertz CT molecular complexity index is 985. The highest BCUT2D eigenvalue weighted by Crippen LogP contribution is 2.34. The van der Waals surface area contributed by atoms with Gasteiger partial charge in [0.15, 0.2) is 0 Å². The highest BCUT2D eigenvalue weighted by molar-refractivity contribution is 5.80. The summed E-state index contributed by atoms with van der Waals surface area (Å²) in [6.07, 6.45) is 8.21. The summed E-state index contributed by atoms with van der Waals surface area (Å²) in [6.45, 7) is 3.06. The van der Waals surface area contributed by atoms with Crippen LogP contribution in [0, 0.1) is 0 Å². The molecule has 3 heteroatoms. The SMILES string of the molecule is Oc1cc(Cn2ccc3ccccc32)cc(C2=CCN3CCCC3C2)c1. The lowest BCUT2D eigenvalue weighted by Crippen LogP contribution is -2.32. The van der Waals surface area contributed by atoms with Gasteiger partial charge < -0.3 is 9.67 Å². The van der Waals surface area contributed by atoms with Crippen LogP contribution in [0.2, 0.25) is 0 Å². The first-order valence-corrected chi connectivity index (χ1v) is 9.56. The molecule has 2 aliphatic heterocycles. The molecule has 0 spiro atoms. The van der Waals surface area contributed by atoms with Gasteiger partial charge in [-0.2, -0.15) is 0 Å². The van der Waals surface area contributed by atoms with Gasteiger partial charge in [0.25, 0.3) is 0 Å². The van der Waals surface area contributed by atoms with Crippen molar-refractivity contribution in [3.8, 4) is 5.75 Å². The average Bonchev–Trinajstić information content (AvgIpc) is 3.28. The summed E-state index contributed by atoms with van der Waals surface area (Å²) in [5, 5.41) is 11.6. The fourth-order valence-electron chi connectivity index (χ4n) is 4.59. The number of aromatic hydroxyl groups is 1. The van der Waals surface area contributed by atoms with Gasteiger partial charge in [0.1, 0.15) is 5.75 Å². The van der Waals surface area contributed by atoms with E-state index in [-0.39, 0.29) is 0 Å². The number of fused-ring (bicyclic) bond motifs is 2. The van der Waals surface area contributed by atoms with Crippen LogP contribution in [0.15, 0.2) is 60.8 Å². The number of benzene rings is 2. The minimum atomic E-state index is 0.365. The summed E-state index contributed by atoms with van der Waals surface area (Å²) in [6, 6.07) is 17.3. The van der Waals surface area contributed by atoms with E-state index in [0.717, 1.165) is 25.1 Å². The number of nitrogens with zero attached hydrogens (tertiary/aromatic N) is 2. The third-order valence-corrected chi connectivity index (χ3v) is 5.91. The van der Waals surface area contributed by atoms with E-state index >= 15 is 0 Å². The van der Waals surface area contributed by atoms with E-state index < -0.39 is 0 Å². The van der Waals surface area contributed by atoms with Gasteiger partial charge >= 0.3 is 0 Å². The Hall–Kier alpha value is -2.52. The summed E-state index contributed by atoms with van der Waals surface area (Å²) < 4.78 is 2.25. The van der Waals surface area contributed by atoms with Crippen molar-refractivity contribution in [3.63, 3.8) is 0 Å². The maximum Gasteiger partial charge on any atom is 0.116 e. The van der Waals surface area contributed by atoms with Crippen molar-refractivity contribution >= 4 is 16.5 Å². The van der Waals surface area contributed by atoms with Gasteiger partial charge in [0.2, 0.25) is 0 Å². The molecule has 0 amide bonds. The molecule has 1 atom stereocenters. The number of phenolic OH excluding ortho intramolecular Hbond substituents is 1. The first-order valence-electron chi connectivity index (χ1n) is 9.56. The van der Waals surface area contributed by atoms with Gasteiger partial charge in [-0.25, -0.2) is 0 Å². The number of rotatable bonds is 3. The van der Waals surface area contributed by atoms with E-state index in [2.05, 4.69) is 58.1 Å².